The zero-order chi connectivity index (χ0) is 19.6. The molecule has 0 unspecified atom stereocenters. The van der Waals surface area contributed by atoms with Gasteiger partial charge in [0.05, 0.1) is 13.2 Å². The van der Waals surface area contributed by atoms with E-state index < -0.39 is 0 Å². The maximum Gasteiger partial charge on any atom is 0.409 e. The summed E-state index contributed by atoms with van der Waals surface area (Å²) in [5, 5.41) is 2.88. The number of piperidine rings is 1. The fourth-order valence-electron chi connectivity index (χ4n) is 3.27. The number of rotatable bonds is 7. The van der Waals surface area contributed by atoms with Gasteiger partial charge < -0.3 is 19.9 Å². The van der Waals surface area contributed by atoms with Crippen LogP contribution in [0.15, 0.2) is 30.3 Å². The van der Waals surface area contributed by atoms with Crippen molar-refractivity contribution in [1.82, 2.24) is 15.1 Å². The van der Waals surface area contributed by atoms with Crippen molar-refractivity contribution < 1.29 is 19.1 Å². The molecule has 148 valence electrons. The first kappa shape index (κ1) is 20.7. The van der Waals surface area contributed by atoms with E-state index in [0.29, 0.717) is 39.1 Å². The van der Waals surface area contributed by atoms with Crippen molar-refractivity contribution in [2.75, 3.05) is 32.8 Å². The minimum Gasteiger partial charge on any atom is -0.450 e. The lowest BCUT2D eigenvalue weighted by Gasteiger charge is -2.37. The van der Waals surface area contributed by atoms with Gasteiger partial charge in [-0.25, -0.2) is 4.79 Å². The monoisotopic (exact) mass is 375 g/mol. The lowest BCUT2D eigenvalue weighted by Crippen LogP contribution is -2.51. The highest BCUT2D eigenvalue weighted by molar-refractivity contribution is 5.84. The van der Waals surface area contributed by atoms with Crippen LogP contribution in [0, 0.1) is 0 Å². The second kappa shape index (κ2) is 10.5. The molecule has 3 amide bonds. The maximum absolute atomic E-state index is 12.3. The highest BCUT2D eigenvalue weighted by atomic mass is 16.6. The molecule has 1 aromatic carbocycles. The molecule has 1 aromatic rings. The second-order valence-electron chi connectivity index (χ2n) is 6.65. The highest BCUT2D eigenvalue weighted by Gasteiger charge is 2.29. The molecular weight excluding hydrogens is 346 g/mol. The first-order valence-electron chi connectivity index (χ1n) is 9.50. The van der Waals surface area contributed by atoms with Crippen molar-refractivity contribution in [3.63, 3.8) is 0 Å². The van der Waals surface area contributed by atoms with Crippen molar-refractivity contribution in [2.45, 2.75) is 39.2 Å². The molecule has 0 aromatic heterocycles. The molecule has 0 saturated carbocycles. The molecule has 1 aliphatic heterocycles. The number of benzene rings is 1. The van der Waals surface area contributed by atoms with Crippen molar-refractivity contribution >= 4 is 17.9 Å². The standard InChI is InChI=1S/C20H29N3O4/c1-3-27-20(26)22-13-10-18(11-14-22)23(16(2)24)15-19(25)21-12-9-17-7-5-4-6-8-17/h4-8,18H,3,9-15H2,1-2H3,(H,21,25). The Morgan fingerprint density at radius 2 is 1.85 bits per heavy atom. The molecule has 0 bridgehead atoms. The molecule has 7 nitrogen and oxygen atoms in total. The average Bonchev–Trinajstić information content (AvgIpc) is 2.67. The maximum atomic E-state index is 12.3. The van der Waals surface area contributed by atoms with E-state index in [1.807, 2.05) is 30.3 Å². The smallest absolute Gasteiger partial charge is 0.409 e. The van der Waals surface area contributed by atoms with Crippen molar-refractivity contribution in [1.29, 1.82) is 0 Å². The largest absolute Gasteiger partial charge is 0.450 e. The minimum absolute atomic E-state index is 0.0342. The fourth-order valence-corrected chi connectivity index (χ4v) is 3.27. The van der Waals surface area contributed by atoms with Gasteiger partial charge in [-0.05, 0) is 31.7 Å². The molecule has 1 heterocycles. The molecular formula is C20H29N3O4. The van der Waals surface area contributed by atoms with Gasteiger partial charge in [-0.2, -0.15) is 0 Å². The Bertz CT molecular complexity index is 627. The third-order valence-corrected chi connectivity index (χ3v) is 4.73. The van der Waals surface area contributed by atoms with Crippen LogP contribution in [0.4, 0.5) is 4.79 Å². The predicted molar refractivity (Wildman–Crippen MR) is 102 cm³/mol. The molecule has 0 atom stereocenters. The number of nitrogens with zero attached hydrogens (tertiary/aromatic N) is 2. The van der Waals surface area contributed by atoms with Gasteiger partial charge in [0.1, 0.15) is 0 Å². The van der Waals surface area contributed by atoms with E-state index in [4.69, 9.17) is 4.74 Å². The van der Waals surface area contributed by atoms with Gasteiger partial charge in [-0.15, -0.1) is 0 Å². The summed E-state index contributed by atoms with van der Waals surface area (Å²) in [5.41, 5.74) is 1.16. The quantitative estimate of drug-likeness (QED) is 0.788. The molecule has 27 heavy (non-hydrogen) atoms. The van der Waals surface area contributed by atoms with Crippen LogP contribution in [0.25, 0.3) is 0 Å². The highest BCUT2D eigenvalue weighted by Crippen LogP contribution is 2.17. The Hall–Kier alpha value is -2.57. The van der Waals surface area contributed by atoms with Gasteiger partial charge in [-0.3, -0.25) is 9.59 Å². The number of hydrogen-bond donors (Lipinski definition) is 1. The third-order valence-electron chi connectivity index (χ3n) is 4.73. The summed E-state index contributed by atoms with van der Waals surface area (Å²) in [6.45, 7) is 5.25. The van der Waals surface area contributed by atoms with Gasteiger partial charge >= 0.3 is 6.09 Å². The van der Waals surface area contributed by atoms with Crippen LogP contribution >= 0.6 is 0 Å². The van der Waals surface area contributed by atoms with Crippen LogP contribution in [-0.2, 0) is 20.7 Å². The third kappa shape index (κ3) is 6.58. The van der Waals surface area contributed by atoms with Gasteiger partial charge in [0.15, 0.2) is 0 Å². The van der Waals surface area contributed by atoms with Gasteiger partial charge in [0.2, 0.25) is 11.8 Å². The molecule has 0 radical (unpaired) electrons. The number of likely N-dealkylation sites (tertiary alicyclic amines) is 1. The Labute approximate surface area is 160 Å². The Morgan fingerprint density at radius 3 is 2.44 bits per heavy atom. The van der Waals surface area contributed by atoms with E-state index in [9.17, 15) is 14.4 Å². The Kier molecular flexibility index (Phi) is 8.10. The lowest BCUT2D eigenvalue weighted by molar-refractivity contribution is -0.137. The minimum atomic E-state index is -0.316. The Balaban J connectivity index is 1.78. The van der Waals surface area contributed by atoms with Gasteiger partial charge in [0.25, 0.3) is 0 Å². The average molecular weight is 375 g/mol. The summed E-state index contributed by atoms with van der Waals surface area (Å²) in [6, 6.07) is 9.90. The number of carbonyl (C=O) groups is 3. The van der Waals surface area contributed by atoms with E-state index in [1.165, 1.54) is 6.92 Å². The van der Waals surface area contributed by atoms with Crippen LogP contribution in [-0.4, -0.2) is 66.5 Å². The number of nitrogens with one attached hydrogen (secondary N) is 1. The molecule has 1 N–H and O–H groups in total. The summed E-state index contributed by atoms with van der Waals surface area (Å²) in [4.78, 5) is 39.3. The number of amides is 3. The predicted octanol–water partition coefficient (Wildman–Crippen LogP) is 1.81. The molecule has 0 spiro atoms. The molecule has 1 saturated heterocycles. The molecule has 1 aliphatic rings. The SMILES string of the molecule is CCOC(=O)N1CCC(N(CC(=O)NCCc2ccccc2)C(C)=O)CC1. The first-order chi connectivity index (χ1) is 13.0. The Morgan fingerprint density at radius 1 is 1.19 bits per heavy atom. The van der Waals surface area contributed by atoms with E-state index in [1.54, 1.807) is 16.7 Å². The summed E-state index contributed by atoms with van der Waals surface area (Å²) >= 11 is 0. The van der Waals surface area contributed by atoms with Crippen LogP contribution in [0.3, 0.4) is 0 Å². The number of hydrogen-bond acceptors (Lipinski definition) is 4. The molecule has 2 rings (SSSR count). The van der Waals surface area contributed by atoms with Gasteiger partial charge in [0, 0.05) is 32.6 Å². The topological polar surface area (TPSA) is 79.0 Å². The van der Waals surface area contributed by atoms with E-state index in [2.05, 4.69) is 5.32 Å². The van der Waals surface area contributed by atoms with Crippen LogP contribution in [0.5, 0.6) is 0 Å². The van der Waals surface area contributed by atoms with E-state index >= 15 is 0 Å². The second-order valence-corrected chi connectivity index (χ2v) is 6.65. The summed E-state index contributed by atoms with van der Waals surface area (Å²) in [7, 11) is 0. The summed E-state index contributed by atoms with van der Waals surface area (Å²) < 4.78 is 5.01. The van der Waals surface area contributed by atoms with Crippen LogP contribution in [0.1, 0.15) is 32.3 Å². The van der Waals surface area contributed by atoms with Gasteiger partial charge in [-0.1, -0.05) is 30.3 Å². The zero-order valence-corrected chi connectivity index (χ0v) is 16.1. The first-order valence-corrected chi connectivity index (χ1v) is 9.50. The van der Waals surface area contributed by atoms with E-state index in [0.717, 1.165) is 12.0 Å². The van der Waals surface area contributed by atoms with Crippen LogP contribution in [0.2, 0.25) is 0 Å². The van der Waals surface area contributed by atoms with Crippen molar-refractivity contribution in [2.24, 2.45) is 0 Å². The zero-order valence-electron chi connectivity index (χ0n) is 16.1. The number of ether oxygens (including phenoxy) is 1. The molecule has 1 fully saturated rings. The van der Waals surface area contributed by atoms with Crippen molar-refractivity contribution in [3.8, 4) is 0 Å². The fraction of sp³-hybridized carbons (Fsp3) is 0.550. The van der Waals surface area contributed by atoms with E-state index in [-0.39, 0.29) is 30.5 Å². The normalized spacial score (nSPS) is 14.5. The van der Waals surface area contributed by atoms with Crippen molar-refractivity contribution in [3.05, 3.63) is 35.9 Å². The summed E-state index contributed by atoms with van der Waals surface area (Å²) in [5.74, 6) is -0.281. The lowest BCUT2D eigenvalue weighted by atomic mass is 10.0. The molecule has 0 aliphatic carbocycles. The summed E-state index contributed by atoms with van der Waals surface area (Å²) in [6.07, 6.45) is 1.74. The van der Waals surface area contributed by atoms with Crippen LogP contribution < -0.4 is 5.32 Å². The number of carbonyl (C=O) groups excluding carboxylic acids is 3. The molecule has 7 heteroatoms.